The number of halogens is 2. The molecule has 1 N–H and O–H groups in total. The van der Waals surface area contributed by atoms with Crippen LogP contribution in [0.4, 0.5) is 5.13 Å². The minimum Gasteiger partial charge on any atom is -0.486 e. The summed E-state index contributed by atoms with van der Waals surface area (Å²) in [6.07, 6.45) is 0.155. The Bertz CT molecular complexity index is 703. The van der Waals surface area contributed by atoms with Crippen LogP contribution in [0.3, 0.4) is 0 Å². The van der Waals surface area contributed by atoms with E-state index in [1.54, 1.807) is 30.5 Å². The van der Waals surface area contributed by atoms with E-state index in [0.717, 1.165) is 0 Å². The van der Waals surface area contributed by atoms with E-state index in [9.17, 15) is 9.59 Å². The number of ketones is 1. The maximum atomic E-state index is 11.5. The topological polar surface area (TPSA) is 68.3 Å². The number of hydrogen-bond donors (Lipinski definition) is 1. The molecule has 0 fully saturated rings. The Morgan fingerprint density at radius 1 is 1.36 bits per heavy atom. The first-order valence-corrected chi connectivity index (χ1v) is 7.99. The quantitative estimate of drug-likeness (QED) is 0.793. The van der Waals surface area contributed by atoms with E-state index in [-0.39, 0.29) is 13.0 Å². The summed E-state index contributed by atoms with van der Waals surface area (Å²) < 4.78 is 5.54. The molecule has 0 saturated heterocycles. The smallest absolute Gasteiger partial charge is 0.293 e. The lowest BCUT2D eigenvalue weighted by Crippen LogP contribution is -2.21. The number of ether oxygens (including phenoxy) is 1. The molecule has 0 saturated carbocycles. The van der Waals surface area contributed by atoms with Crippen molar-refractivity contribution in [3.63, 3.8) is 0 Å². The van der Waals surface area contributed by atoms with Crippen LogP contribution >= 0.6 is 34.5 Å². The van der Waals surface area contributed by atoms with Crippen molar-refractivity contribution in [2.75, 3.05) is 5.32 Å². The molecule has 2 rings (SSSR count). The average Bonchev–Trinajstić information content (AvgIpc) is 2.93. The van der Waals surface area contributed by atoms with E-state index < -0.39 is 11.7 Å². The molecule has 0 aliphatic rings. The highest BCUT2D eigenvalue weighted by Gasteiger charge is 2.13. The molecule has 1 amide bonds. The molecule has 0 unspecified atom stereocenters. The van der Waals surface area contributed by atoms with Gasteiger partial charge in [-0.3, -0.25) is 14.9 Å². The average molecular weight is 359 g/mol. The predicted octanol–water partition coefficient (Wildman–Crippen LogP) is 3.95. The lowest BCUT2D eigenvalue weighted by atomic mass is 10.3. The molecule has 5 nitrogen and oxygen atoms in total. The highest BCUT2D eigenvalue weighted by atomic mass is 35.5. The fraction of sp³-hybridized carbons (Fsp3) is 0.214. The first kappa shape index (κ1) is 16.7. The van der Waals surface area contributed by atoms with Crippen LogP contribution in [-0.2, 0) is 16.2 Å². The summed E-state index contributed by atoms with van der Waals surface area (Å²) in [5.41, 5.74) is 0.621. The second kappa shape index (κ2) is 7.58. The van der Waals surface area contributed by atoms with Gasteiger partial charge in [0.2, 0.25) is 5.78 Å². The number of amides is 1. The van der Waals surface area contributed by atoms with Gasteiger partial charge in [-0.15, -0.1) is 11.3 Å². The number of benzene rings is 1. The minimum absolute atomic E-state index is 0.155. The number of anilines is 1. The third-order valence-electron chi connectivity index (χ3n) is 2.62. The van der Waals surface area contributed by atoms with Crippen LogP contribution in [0.1, 0.15) is 19.0 Å². The van der Waals surface area contributed by atoms with Crippen LogP contribution in [0.5, 0.6) is 5.75 Å². The van der Waals surface area contributed by atoms with Crippen molar-refractivity contribution in [1.82, 2.24) is 4.98 Å². The van der Waals surface area contributed by atoms with Gasteiger partial charge in [0.05, 0.1) is 10.7 Å². The van der Waals surface area contributed by atoms with Crippen molar-refractivity contribution >= 4 is 51.4 Å². The zero-order valence-electron chi connectivity index (χ0n) is 11.6. The van der Waals surface area contributed by atoms with Gasteiger partial charge in [0.25, 0.3) is 5.91 Å². The molecule has 116 valence electrons. The second-order valence-corrected chi connectivity index (χ2v) is 5.94. The summed E-state index contributed by atoms with van der Waals surface area (Å²) in [5.74, 6) is -0.656. The summed E-state index contributed by atoms with van der Waals surface area (Å²) in [7, 11) is 0. The zero-order chi connectivity index (χ0) is 16.1. The molecule has 0 bridgehead atoms. The monoisotopic (exact) mass is 358 g/mol. The van der Waals surface area contributed by atoms with Crippen LogP contribution in [-0.4, -0.2) is 16.7 Å². The van der Waals surface area contributed by atoms with Crippen molar-refractivity contribution in [1.29, 1.82) is 0 Å². The Hall–Kier alpha value is -1.63. The number of nitrogens with zero attached hydrogens (tertiary/aromatic N) is 1. The van der Waals surface area contributed by atoms with Gasteiger partial charge in [-0.1, -0.05) is 30.1 Å². The fourth-order valence-electron chi connectivity index (χ4n) is 1.50. The summed E-state index contributed by atoms with van der Waals surface area (Å²) in [6.45, 7) is 1.81. The van der Waals surface area contributed by atoms with Gasteiger partial charge in [0.1, 0.15) is 12.4 Å². The molecule has 1 aromatic heterocycles. The van der Waals surface area contributed by atoms with Gasteiger partial charge in [-0.2, -0.15) is 0 Å². The third-order valence-corrected chi connectivity index (χ3v) is 3.95. The predicted molar refractivity (Wildman–Crippen MR) is 86.8 cm³/mol. The van der Waals surface area contributed by atoms with Crippen molar-refractivity contribution in [3.05, 3.63) is 39.3 Å². The SMILES string of the molecule is CCC(=O)C(=O)Nc1nc(COc2ccc(Cl)cc2Cl)cs1. The highest BCUT2D eigenvalue weighted by Crippen LogP contribution is 2.28. The van der Waals surface area contributed by atoms with Gasteiger partial charge in [-0.05, 0) is 18.2 Å². The minimum atomic E-state index is -0.662. The van der Waals surface area contributed by atoms with Crippen LogP contribution in [0, 0.1) is 0 Å². The molecule has 0 spiro atoms. The van der Waals surface area contributed by atoms with Gasteiger partial charge < -0.3 is 4.74 Å². The maximum Gasteiger partial charge on any atom is 0.293 e. The number of carbonyl (C=O) groups excluding carboxylic acids is 2. The first-order chi connectivity index (χ1) is 10.5. The number of aromatic nitrogens is 1. The van der Waals surface area contributed by atoms with Gasteiger partial charge in [-0.25, -0.2) is 4.98 Å². The lowest BCUT2D eigenvalue weighted by molar-refractivity contribution is -0.134. The number of thiazole rings is 1. The van der Waals surface area contributed by atoms with Crippen molar-refractivity contribution in [3.8, 4) is 5.75 Å². The number of rotatable bonds is 6. The largest absolute Gasteiger partial charge is 0.486 e. The standard InChI is InChI=1S/C14H12Cl2N2O3S/c1-2-11(19)13(20)18-14-17-9(7-22-14)6-21-12-4-3-8(15)5-10(12)16/h3-5,7H,2,6H2,1H3,(H,17,18,20). The van der Waals surface area contributed by atoms with Crippen molar-refractivity contribution in [2.24, 2.45) is 0 Å². The molecular formula is C14H12Cl2N2O3S. The van der Waals surface area contributed by atoms with Crippen LogP contribution in [0.25, 0.3) is 0 Å². The molecule has 22 heavy (non-hydrogen) atoms. The van der Waals surface area contributed by atoms with Crippen molar-refractivity contribution < 1.29 is 14.3 Å². The van der Waals surface area contributed by atoms with E-state index in [0.29, 0.717) is 26.6 Å². The fourth-order valence-corrected chi connectivity index (χ4v) is 2.66. The van der Waals surface area contributed by atoms with Crippen LogP contribution < -0.4 is 10.1 Å². The molecule has 0 radical (unpaired) electrons. The molecular weight excluding hydrogens is 347 g/mol. The Morgan fingerprint density at radius 2 is 2.14 bits per heavy atom. The molecule has 1 heterocycles. The summed E-state index contributed by atoms with van der Waals surface area (Å²) >= 11 is 13.0. The van der Waals surface area contributed by atoms with Crippen LogP contribution in [0.15, 0.2) is 23.6 Å². The zero-order valence-corrected chi connectivity index (χ0v) is 13.9. The summed E-state index contributed by atoms with van der Waals surface area (Å²) in [5, 5.41) is 5.47. The molecule has 1 aromatic carbocycles. The Morgan fingerprint density at radius 3 is 2.82 bits per heavy atom. The van der Waals surface area contributed by atoms with E-state index in [4.69, 9.17) is 27.9 Å². The normalized spacial score (nSPS) is 10.3. The summed E-state index contributed by atoms with van der Waals surface area (Å²) in [4.78, 5) is 26.8. The Kier molecular flexibility index (Phi) is 5.76. The molecule has 0 aliphatic heterocycles. The third kappa shape index (κ3) is 4.43. The molecule has 0 aliphatic carbocycles. The number of hydrogen-bond acceptors (Lipinski definition) is 5. The van der Waals surface area contributed by atoms with Gasteiger partial charge in [0.15, 0.2) is 5.13 Å². The highest BCUT2D eigenvalue weighted by molar-refractivity contribution is 7.14. The van der Waals surface area contributed by atoms with Crippen molar-refractivity contribution in [2.45, 2.75) is 20.0 Å². The second-order valence-electron chi connectivity index (χ2n) is 4.24. The van der Waals surface area contributed by atoms with E-state index in [2.05, 4.69) is 10.3 Å². The van der Waals surface area contributed by atoms with Crippen LogP contribution in [0.2, 0.25) is 10.0 Å². The maximum absolute atomic E-state index is 11.5. The number of Topliss-reactive ketones (excluding diaryl/α,β-unsaturated/α-hetero) is 1. The summed E-state index contributed by atoms with van der Waals surface area (Å²) in [6, 6.07) is 4.92. The van der Waals surface area contributed by atoms with E-state index in [1.165, 1.54) is 11.3 Å². The molecule has 0 atom stereocenters. The van der Waals surface area contributed by atoms with Gasteiger partial charge in [0, 0.05) is 16.8 Å². The number of carbonyl (C=O) groups is 2. The Balaban J connectivity index is 1.95. The van der Waals surface area contributed by atoms with E-state index in [1.807, 2.05) is 0 Å². The first-order valence-electron chi connectivity index (χ1n) is 6.36. The lowest BCUT2D eigenvalue weighted by Gasteiger charge is -2.06. The Labute approximate surface area is 141 Å². The molecule has 8 heteroatoms. The number of nitrogens with one attached hydrogen (secondary N) is 1. The van der Waals surface area contributed by atoms with Gasteiger partial charge >= 0.3 is 0 Å². The van der Waals surface area contributed by atoms with E-state index >= 15 is 0 Å². The molecule has 2 aromatic rings.